The van der Waals surface area contributed by atoms with Gasteiger partial charge in [0.15, 0.2) is 0 Å². The van der Waals surface area contributed by atoms with Gasteiger partial charge in [-0.1, -0.05) is 24.3 Å². The fourth-order valence-electron chi connectivity index (χ4n) is 4.44. The molecule has 0 aromatic heterocycles. The number of benzene rings is 3. The van der Waals surface area contributed by atoms with E-state index in [1.165, 1.54) is 0 Å². The van der Waals surface area contributed by atoms with Crippen molar-refractivity contribution < 1.29 is 25.5 Å². The predicted molar refractivity (Wildman–Crippen MR) is 125 cm³/mol. The van der Waals surface area contributed by atoms with E-state index in [1.54, 1.807) is 6.92 Å². The van der Waals surface area contributed by atoms with E-state index < -0.39 is 0 Å². The monoisotopic (exact) mass is 436 g/mol. The maximum absolute atomic E-state index is 10.7. The predicted octanol–water partition coefficient (Wildman–Crippen LogP) is 4.51. The molecule has 0 unspecified atom stereocenters. The molecule has 0 fully saturated rings. The van der Waals surface area contributed by atoms with Crippen molar-refractivity contribution in [2.75, 3.05) is 0 Å². The van der Waals surface area contributed by atoms with Gasteiger partial charge in [0.1, 0.15) is 17.2 Å². The number of aromatic hydroxyl groups is 3. The zero-order valence-electron chi connectivity index (χ0n) is 19.4. The molecule has 5 N–H and O–H groups in total. The third-order valence-electron chi connectivity index (χ3n) is 6.50. The van der Waals surface area contributed by atoms with Crippen molar-refractivity contribution in [3.63, 3.8) is 0 Å². The first-order valence-electron chi connectivity index (χ1n) is 10.7. The van der Waals surface area contributed by atoms with Crippen LogP contribution < -0.4 is 0 Å². The second kappa shape index (κ2) is 9.23. The quantitative estimate of drug-likeness (QED) is 0.391. The Labute approximate surface area is 189 Å². The van der Waals surface area contributed by atoms with Crippen molar-refractivity contribution in [2.45, 2.75) is 60.7 Å². The summed E-state index contributed by atoms with van der Waals surface area (Å²) in [4.78, 5) is 0. The smallest absolute Gasteiger partial charge is 0.124 e. The lowest BCUT2D eigenvalue weighted by atomic mass is 9.89. The molecule has 3 aromatic carbocycles. The van der Waals surface area contributed by atoms with Crippen LogP contribution in [-0.4, -0.2) is 25.5 Å². The van der Waals surface area contributed by atoms with Crippen LogP contribution >= 0.6 is 0 Å². The molecular weight excluding hydrogens is 404 g/mol. The molecule has 32 heavy (non-hydrogen) atoms. The number of hydrogen-bond donors (Lipinski definition) is 5. The van der Waals surface area contributed by atoms with Crippen LogP contribution in [0.4, 0.5) is 0 Å². The molecule has 0 spiro atoms. The largest absolute Gasteiger partial charge is 0.507 e. The molecule has 3 rings (SSSR count). The highest BCUT2D eigenvalue weighted by Gasteiger charge is 2.17. The molecule has 5 nitrogen and oxygen atoms in total. The molecule has 0 radical (unpaired) electrons. The van der Waals surface area contributed by atoms with Gasteiger partial charge < -0.3 is 25.5 Å². The van der Waals surface area contributed by atoms with Gasteiger partial charge in [0.25, 0.3) is 0 Å². The Kier molecular flexibility index (Phi) is 6.82. The highest BCUT2D eigenvalue weighted by atomic mass is 16.3. The van der Waals surface area contributed by atoms with Crippen molar-refractivity contribution in [3.05, 3.63) is 85.5 Å². The lowest BCUT2D eigenvalue weighted by molar-refractivity contribution is 0.274. The number of aliphatic hydroxyl groups is 2. The van der Waals surface area contributed by atoms with Crippen LogP contribution in [0.1, 0.15) is 61.2 Å². The second-order valence-electron chi connectivity index (χ2n) is 8.70. The first-order chi connectivity index (χ1) is 15.1. The summed E-state index contributed by atoms with van der Waals surface area (Å²) in [6.45, 7) is 8.78. The molecule has 0 amide bonds. The van der Waals surface area contributed by atoms with Gasteiger partial charge in [-0.2, -0.15) is 0 Å². The molecule has 0 saturated carbocycles. The van der Waals surface area contributed by atoms with Crippen LogP contribution in [0.25, 0.3) is 0 Å². The molecule has 0 saturated heterocycles. The van der Waals surface area contributed by atoms with Gasteiger partial charge in [0.2, 0.25) is 0 Å². The Balaban J connectivity index is 2.04. The van der Waals surface area contributed by atoms with Crippen LogP contribution in [0.2, 0.25) is 0 Å². The average Bonchev–Trinajstić information content (AvgIpc) is 2.74. The molecule has 170 valence electrons. The Bertz CT molecular complexity index is 1180. The van der Waals surface area contributed by atoms with Gasteiger partial charge in [-0.05, 0) is 91.1 Å². The molecule has 3 aromatic rings. The van der Waals surface area contributed by atoms with E-state index in [4.69, 9.17) is 0 Å². The lowest BCUT2D eigenvalue weighted by Crippen LogP contribution is -2.03. The highest BCUT2D eigenvalue weighted by molar-refractivity contribution is 5.54. The van der Waals surface area contributed by atoms with Crippen molar-refractivity contribution in [3.8, 4) is 17.2 Å². The molecular formula is C27H32O5. The maximum Gasteiger partial charge on any atom is 0.124 e. The summed E-state index contributed by atoms with van der Waals surface area (Å²) in [5.74, 6) is 0.481. The maximum atomic E-state index is 10.7. The van der Waals surface area contributed by atoms with E-state index in [0.717, 1.165) is 44.5 Å². The Morgan fingerprint density at radius 2 is 0.969 bits per heavy atom. The van der Waals surface area contributed by atoms with Gasteiger partial charge in [-0.15, -0.1) is 0 Å². The summed E-state index contributed by atoms with van der Waals surface area (Å²) < 4.78 is 0. The molecule has 0 aliphatic rings. The fourth-order valence-corrected chi connectivity index (χ4v) is 4.44. The summed E-state index contributed by atoms with van der Waals surface area (Å²) in [6, 6.07) is 7.76. The summed E-state index contributed by atoms with van der Waals surface area (Å²) in [7, 11) is 0. The second-order valence-corrected chi connectivity index (χ2v) is 8.70. The number of aliphatic hydroxyl groups excluding tert-OH is 2. The highest BCUT2D eigenvalue weighted by Crippen LogP contribution is 2.34. The van der Waals surface area contributed by atoms with E-state index >= 15 is 0 Å². The SMILES string of the molecule is Cc1cc(Cc2cc(C)c(O)c(CO)c2C)cc(Cc2cc(C)c(O)c(CO)c2C)c1O. The zero-order chi connectivity index (χ0) is 23.7. The van der Waals surface area contributed by atoms with E-state index in [1.807, 2.05) is 52.0 Å². The third-order valence-corrected chi connectivity index (χ3v) is 6.50. The van der Waals surface area contributed by atoms with Crippen LogP contribution in [0.15, 0.2) is 24.3 Å². The molecule has 0 aliphatic carbocycles. The van der Waals surface area contributed by atoms with Crippen LogP contribution in [0.3, 0.4) is 0 Å². The molecule has 5 heteroatoms. The number of rotatable bonds is 6. The number of hydrogen-bond acceptors (Lipinski definition) is 5. The van der Waals surface area contributed by atoms with E-state index in [0.29, 0.717) is 29.5 Å². The third kappa shape index (κ3) is 4.31. The minimum Gasteiger partial charge on any atom is -0.507 e. The van der Waals surface area contributed by atoms with Gasteiger partial charge >= 0.3 is 0 Å². The van der Waals surface area contributed by atoms with Gasteiger partial charge in [0, 0.05) is 17.5 Å². The Hall–Kier alpha value is -3.02. The minimum atomic E-state index is -0.246. The Morgan fingerprint density at radius 3 is 1.44 bits per heavy atom. The fraction of sp³-hybridized carbons (Fsp3) is 0.333. The molecule has 0 aliphatic heterocycles. The van der Waals surface area contributed by atoms with Gasteiger partial charge in [-0.25, -0.2) is 0 Å². The van der Waals surface area contributed by atoms with Crippen LogP contribution in [-0.2, 0) is 26.1 Å². The summed E-state index contributed by atoms with van der Waals surface area (Å²) in [6.07, 6.45) is 1.07. The van der Waals surface area contributed by atoms with Gasteiger partial charge in [0.05, 0.1) is 13.2 Å². The van der Waals surface area contributed by atoms with Gasteiger partial charge in [-0.3, -0.25) is 0 Å². The summed E-state index contributed by atoms with van der Waals surface area (Å²) in [5.41, 5.74) is 8.65. The van der Waals surface area contributed by atoms with E-state index in [2.05, 4.69) is 0 Å². The molecule has 0 heterocycles. The number of phenols is 3. The first kappa shape index (κ1) is 23.6. The van der Waals surface area contributed by atoms with E-state index in [-0.39, 0.29) is 30.5 Å². The normalized spacial score (nSPS) is 11.2. The van der Waals surface area contributed by atoms with Crippen molar-refractivity contribution in [2.24, 2.45) is 0 Å². The number of phenolic OH excluding ortho intramolecular Hbond substituents is 1. The van der Waals surface area contributed by atoms with E-state index in [9.17, 15) is 25.5 Å². The summed E-state index contributed by atoms with van der Waals surface area (Å²) in [5, 5.41) is 50.6. The average molecular weight is 437 g/mol. The summed E-state index contributed by atoms with van der Waals surface area (Å²) >= 11 is 0. The molecule has 0 atom stereocenters. The van der Waals surface area contributed by atoms with Crippen LogP contribution in [0, 0.1) is 34.6 Å². The van der Waals surface area contributed by atoms with Crippen LogP contribution in [0.5, 0.6) is 17.2 Å². The first-order valence-corrected chi connectivity index (χ1v) is 10.7. The molecule has 0 bridgehead atoms. The minimum absolute atomic E-state index is 0.112. The van der Waals surface area contributed by atoms with Crippen molar-refractivity contribution in [1.82, 2.24) is 0 Å². The standard InChI is InChI=1S/C27H32O5/c1-14-6-19(9-20-7-15(2)26(31)23(12-28)17(20)4)10-22(25(14)30)11-21-8-16(3)27(32)24(13-29)18(21)5/h6-8,10,28-32H,9,11-13H2,1-5H3. The number of aryl methyl sites for hydroxylation is 3. The zero-order valence-corrected chi connectivity index (χ0v) is 19.4. The Morgan fingerprint density at radius 1 is 0.531 bits per heavy atom. The lowest BCUT2D eigenvalue weighted by Gasteiger charge is -2.18. The van der Waals surface area contributed by atoms with Crippen molar-refractivity contribution >= 4 is 0 Å². The van der Waals surface area contributed by atoms with Crippen molar-refractivity contribution in [1.29, 1.82) is 0 Å². The topological polar surface area (TPSA) is 101 Å².